The van der Waals surface area contributed by atoms with Crippen LogP contribution in [0.4, 0.5) is 13.2 Å². The molecule has 0 aromatic carbocycles. The molecule has 2 N–H and O–H groups in total. The quantitative estimate of drug-likeness (QED) is 0.852. The van der Waals surface area contributed by atoms with Crippen molar-refractivity contribution < 1.29 is 32.6 Å². The molecule has 0 fully saturated rings. The van der Waals surface area contributed by atoms with E-state index in [1.165, 1.54) is 13.0 Å². The maximum absolute atomic E-state index is 11.9. The van der Waals surface area contributed by atoms with Crippen LogP contribution in [-0.2, 0) is 4.79 Å². The van der Waals surface area contributed by atoms with Gasteiger partial charge < -0.3 is 15.2 Å². The molecule has 1 amide bonds. The van der Waals surface area contributed by atoms with Crippen molar-refractivity contribution in [3.63, 3.8) is 0 Å². The molecule has 0 saturated carbocycles. The number of halogens is 3. The molecule has 6 nitrogen and oxygen atoms in total. The molecule has 1 atom stereocenters. The minimum absolute atomic E-state index is 0.0115. The van der Waals surface area contributed by atoms with Gasteiger partial charge in [0.2, 0.25) is 5.88 Å². The molecule has 0 bridgehead atoms. The number of carbonyl (C=O) groups excluding carboxylic acids is 1. The van der Waals surface area contributed by atoms with Gasteiger partial charge in [0.25, 0.3) is 5.91 Å². The number of alkyl halides is 3. The van der Waals surface area contributed by atoms with Crippen molar-refractivity contribution in [3.8, 4) is 5.88 Å². The zero-order valence-electron chi connectivity index (χ0n) is 10.3. The standard InChI is InChI=1S/C11H11F3N2O4/c1-6(10(18)19)16-9(17)7-2-3-8(15-4-7)20-5-11(12,13)14/h2-4,6H,5H2,1H3,(H,16,17)(H,18,19). The third-order valence-electron chi connectivity index (χ3n) is 2.10. The number of carbonyl (C=O) groups is 2. The number of carboxylic acids is 1. The number of hydrogen-bond acceptors (Lipinski definition) is 4. The lowest BCUT2D eigenvalue weighted by atomic mass is 10.2. The average molecular weight is 292 g/mol. The van der Waals surface area contributed by atoms with Crippen molar-refractivity contribution >= 4 is 11.9 Å². The van der Waals surface area contributed by atoms with Gasteiger partial charge in [-0.1, -0.05) is 0 Å². The van der Waals surface area contributed by atoms with E-state index < -0.39 is 30.7 Å². The van der Waals surface area contributed by atoms with E-state index in [-0.39, 0.29) is 11.4 Å². The van der Waals surface area contributed by atoms with Gasteiger partial charge in [0, 0.05) is 12.3 Å². The predicted molar refractivity (Wildman–Crippen MR) is 60.4 cm³/mol. The maximum Gasteiger partial charge on any atom is 0.422 e. The molecule has 9 heteroatoms. The highest BCUT2D eigenvalue weighted by atomic mass is 19.4. The van der Waals surface area contributed by atoms with Crippen LogP contribution in [0.2, 0.25) is 0 Å². The Labute approximate surface area is 111 Å². The van der Waals surface area contributed by atoms with Gasteiger partial charge in [0.15, 0.2) is 6.61 Å². The van der Waals surface area contributed by atoms with Gasteiger partial charge in [-0.15, -0.1) is 0 Å². The number of hydrogen-bond donors (Lipinski definition) is 2. The number of rotatable bonds is 5. The van der Waals surface area contributed by atoms with Crippen molar-refractivity contribution in [2.24, 2.45) is 0 Å². The van der Waals surface area contributed by atoms with E-state index in [2.05, 4.69) is 15.0 Å². The van der Waals surface area contributed by atoms with Gasteiger partial charge in [-0.05, 0) is 13.0 Å². The molecule has 0 spiro atoms. The number of nitrogens with zero attached hydrogens (tertiary/aromatic N) is 1. The second kappa shape index (κ2) is 6.22. The fraction of sp³-hybridized carbons (Fsp3) is 0.364. The summed E-state index contributed by atoms with van der Waals surface area (Å²) in [5.41, 5.74) is 0.0115. The van der Waals surface area contributed by atoms with Gasteiger partial charge in [-0.25, -0.2) is 4.98 Å². The number of nitrogens with one attached hydrogen (secondary N) is 1. The fourth-order valence-electron chi connectivity index (χ4n) is 1.10. The van der Waals surface area contributed by atoms with Gasteiger partial charge in [0.05, 0.1) is 5.56 Å². The Balaban J connectivity index is 2.62. The SMILES string of the molecule is CC(NC(=O)c1ccc(OCC(F)(F)F)nc1)C(=O)O. The highest BCUT2D eigenvalue weighted by molar-refractivity contribution is 5.96. The first-order valence-corrected chi connectivity index (χ1v) is 5.38. The lowest BCUT2D eigenvalue weighted by Gasteiger charge is -2.10. The van der Waals surface area contributed by atoms with Crippen LogP contribution in [0.3, 0.4) is 0 Å². The third kappa shape index (κ3) is 5.12. The van der Waals surface area contributed by atoms with Crippen molar-refractivity contribution in [3.05, 3.63) is 23.9 Å². The first kappa shape index (κ1) is 15.7. The van der Waals surface area contributed by atoms with E-state index in [1.54, 1.807) is 0 Å². The Morgan fingerprint density at radius 1 is 1.45 bits per heavy atom. The third-order valence-corrected chi connectivity index (χ3v) is 2.10. The van der Waals surface area contributed by atoms with E-state index in [0.717, 1.165) is 12.3 Å². The van der Waals surface area contributed by atoms with Crippen molar-refractivity contribution in [2.45, 2.75) is 19.1 Å². The highest BCUT2D eigenvalue weighted by Gasteiger charge is 2.28. The fourth-order valence-corrected chi connectivity index (χ4v) is 1.10. The van der Waals surface area contributed by atoms with Crippen LogP contribution in [0, 0.1) is 0 Å². The Bertz CT molecular complexity index is 487. The van der Waals surface area contributed by atoms with Gasteiger partial charge in [-0.3, -0.25) is 9.59 Å². The average Bonchev–Trinajstić information content (AvgIpc) is 2.35. The lowest BCUT2D eigenvalue weighted by molar-refractivity contribution is -0.154. The Hall–Kier alpha value is -2.32. The van der Waals surface area contributed by atoms with Gasteiger partial charge in [0.1, 0.15) is 6.04 Å². The van der Waals surface area contributed by atoms with Crippen LogP contribution in [0.5, 0.6) is 5.88 Å². The molecule has 20 heavy (non-hydrogen) atoms. The molecule has 0 radical (unpaired) electrons. The summed E-state index contributed by atoms with van der Waals surface area (Å²) >= 11 is 0. The Morgan fingerprint density at radius 3 is 2.55 bits per heavy atom. The van der Waals surface area contributed by atoms with E-state index in [0.29, 0.717) is 0 Å². The Kier molecular flexibility index (Phi) is 4.89. The second-order valence-electron chi connectivity index (χ2n) is 3.82. The summed E-state index contributed by atoms with van der Waals surface area (Å²) in [6.07, 6.45) is -3.48. The molecule has 1 aromatic heterocycles. The number of aromatic nitrogens is 1. The number of amides is 1. The maximum atomic E-state index is 11.9. The summed E-state index contributed by atoms with van der Waals surface area (Å²) in [7, 11) is 0. The molecule has 0 aliphatic heterocycles. The van der Waals surface area contributed by atoms with Crippen molar-refractivity contribution in [1.82, 2.24) is 10.3 Å². The van der Waals surface area contributed by atoms with E-state index in [4.69, 9.17) is 5.11 Å². The van der Waals surface area contributed by atoms with Crippen LogP contribution < -0.4 is 10.1 Å². The van der Waals surface area contributed by atoms with Crippen molar-refractivity contribution in [2.75, 3.05) is 6.61 Å². The van der Waals surface area contributed by atoms with E-state index in [1.807, 2.05) is 0 Å². The zero-order valence-corrected chi connectivity index (χ0v) is 10.3. The summed E-state index contributed by atoms with van der Waals surface area (Å²) in [4.78, 5) is 25.6. The number of carboxylic acid groups (broad SMARTS) is 1. The summed E-state index contributed by atoms with van der Waals surface area (Å²) in [6, 6.07) is 1.18. The van der Waals surface area contributed by atoms with Crippen LogP contribution in [0.1, 0.15) is 17.3 Å². The molecule has 0 saturated heterocycles. The van der Waals surface area contributed by atoms with Crippen LogP contribution in [0.25, 0.3) is 0 Å². The monoisotopic (exact) mass is 292 g/mol. The molecule has 110 valence electrons. The number of ether oxygens (including phenoxy) is 1. The number of aliphatic carboxylic acids is 1. The normalized spacial score (nSPS) is 12.6. The first-order chi connectivity index (χ1) is 9.19. The summed E-state index contributed by atoms with van der Waals surface area (Å²) in [6.45, 7) is -0.212. The minimum Gasteiger partial charge on any atom is -0.480 e. The Morgan fingerprint density at radius 2 is 2.10 bits per heavy atom. The summed E-state index contributed by atoms with van der Waals surface area (Å²) in [5.74, 6) is -2.20. The van der Waals surface area contributed by atoms with Crippen LogP contribution in [-0.4, -0.2) is 40.8 Å². The molecular formula is C11H11F3N2O4. The van der Waals surface area contributed by atoms with Crippen LogP contribution >= 0.6 is 0 Å². The molecule has 1 rings (SSSR count). The zero-order chi connectivity index (χ0) is 15.3. The molecule has 1 aromatic rings. The smallest absolute Gasteiger partial charge is 0.422 e. The largest absolute Gasteiger partial charge is 0.480 e. The number of pyridine rings is 1. The molecular weight excluding hydrogens is 281 g/mol. The highest BCUT2D eigenvalue weighted by Crippen LogP contribution is 2.17. The topological polar surface area (TPSA) is 88.5 Å². The summed E-state index contributed by atoms with van der Waals surface area (Å²) in [5, 5.41) is 10.8. The van der Waals surface area contributed by atoms with E-state index in [9.17, 15) is 22.8 Å². The predicted octanol–water partition coefficient (Wildman–Crippen LogP) is 1.23. The van der Waals surface area contributed by atoms with Crippen LogP contribution in [0.15, 0.2) is 18.3 Å². The second-order valence-corrected chi connectivity index (χ2v) is 3.82. The molecule has 0 aliphatic carbocycles. The van der Waals surface area contributed by atoms with Gasteiger partial charge >= 0.3 is 12.1 Å². The minimum atomic E-state index is -4.48. The van der Waals surface area contributed by atoms with Gasteiger partial charge in [-0.2, -0.15) is 13.2 Å². The molecule has 1 unspecified atom stereocenters. The van der Waals surface area contributed by atoms with E-state index >= 15 is 0 Å². The van der Waals surface area contributed by atoms with Crippen molar-refractivity contribution in [1.29, 1.82) is 0 Å². The molecule has 0 aliphatic rings. The summed E-state index contributed by atoms with van der Waals surface area (Å²) < 4.78 is 40.0. The lowest BCUT2D eigenvalue weighted by Crippen LogP contribution is -2.38. The first-order valence-electron chi connectivity index (χ1n) is 5.38. The molecule has 1 heterocycles.